The van der Waals surface area contributed by atoms with Crippen molar-refractivity contribution in [2.45, 2.75) is 44.1 Å². The first-order valence-electron chi connectivity index (χ1n) is 10.7. The third-order valence-electron chi connectivity index (χ3n) is 5.71. The molecule has 1 fully saturated rings. The highest BCUT2D eigenvalue weighted by Crippen LogP contribution is 2.35. The molecule has 1 atom stereocenters. The quantitative estimate of drug-likeness (QED) is 0.551. The fraction of sp³-hybridized carbons (Fsp3) is 0.455. The number of hydrogen-bond donors (Lipinski definition) is 2. The standard InChI is InChI=1S/C22H28N6O3S/c1-28-10-9-23-19(28)18(15-11-16(30-2)13-17(12-15)31-3)24-21(29)25-22-27-26-20(32-22)14-7-5-4-6-8-14/h9-14,18H,4-8H2,1-3H3,(H2,24,25,27,29). The van der Waals surface area contributed by atoms with Gasteiger partial charge in [-0.05, 0) is 30.5 Å². The van der Waals surface area contributed by atoms with Gasteiger partial charge >= 0.3 is 6.03 Å². The van der Waals surface area contributed by atoms with Gasteiger partial charge in [0.05, 0.1) is 14.2 Å². The SMILES string of the molecule is COc1cc(OC)cc(C(NC(=O)Nc2nnc(C3CCCCC3)s2)c2nccn2C)c1. The summed E-state index contributed by atoms with van der Waals surface area (Å²) in [5.41, 5.74) is 0.783. The van der Waals surface area contributed by atoms with Crippen molar-refractivity contribution in [2.75, 3.05) is 19.5 Å². The number of amides is 2. The highest BCUT2D eigenvalue weighted by atomic mass is 32.1. The van der Waals surface area contributed by atoms with Gasteiger partial charge in [0, 0.05) is 31.4 Å². The molecule has 3 aromatic rings. The number of anilines is 1. The normalized spacial score (nSPS) is 15.2. The summed E-state index contributed by atoms with van der Waals surface area (Å²) < 4.78 is 12.7. The lowest BCUT2D eigenvalue weighted by atomic mass is 9.90. The van der Waals surface area contributed by atoms with E-state index < -0.39 is 6.04 Å². The van der Waals surface area contributed by atoms with E-state index in [0.717, 1.165) is 23.4 Å². The fourth-order valence-electron chi connectivity index (χ4n) is 4.01. The van der Waals surface area contributed by atoms with E-state index in [-0.39, 0.29) is 6.03 Å². The van der Waals surface area contributed by atoms with Crippen molar-refractivity contribution in [1.82, 2.24) is 25.1 Å². The Hall–Kier alpha value is -3.14. The molecule has 1 unspecified atom stereocenters. The molecule has 0 aliphatic heterocycles. The predicted molar refractivity (Wildman–Crippen MR) is 122 cm³/mol. The van der Waals surface area contributed by atoms with Crippen LogP contribution in [0.3, 0.4) is 0 Å². The molecule has 2 aromatic heterocycles. The first-order chi connectivity index (χ1) is 15.6. The van der Waals surface area contributed by atoms with Crippen LogP contribution in [0.1, 0.15) is 60.5 Å². The van der Waals surface area contributed by atoms with Crippen LogP contribution in [-0.4, -0.2) is 40.0 Å². The number of ether oxygens (including phenoxy) is 2. The maximum atomic E-state index is 12.9. The van der Waals surface area contributed by atoms with Gasteiger partial charge in [-0.15, -0.1) is 10.2 Å². The van der Waals surface area contributed by atoms with Crippen molar-refractivity contribution in [2.24, 2.45) is 7.05 Å². The van der Waals surface area contributed by atoms with E-state index in [1.54, 1.807) is 26.5 Å². The molecule has 2 N–H and O–H groups in total. The van der Waals surface area contributed by atoms with Crippen LogP contribution in [0.2, 0.25) is 0 Å². The second kappa shape index (κ2) is 9.99. The van der Waals surface area contributed by atoms with Crippen molar-refractivity contribution in [1.29, 1.82) is 0 Å². The number of carbonyl (C=O) groups excluding carboxylic acids is 1. The minimum absolute atomic E-state index is 0.383. The minimum atomic E-state index is -0.523. The second-order valence-corrected chi connectivity index (χ2v) is 8.86. The van der Waals surface area contributed by atoms with E-state index >= 15 is 0 Å². The zero-order valence-corrected chi connectivity index (χ0v) is 19.3. The smallest absolute Gasteiger partial charge is 0.321 e. The Morgan fingerprint density at radius 3 is 2.47 bits per heavy atom. The number of hydrogen-bond acceptors (Lipinski definition) is 7. The summed E-state index contributed by atoms with van der Waals surface area (Å²) in [5, 5.41) is 15.8. The molecule has 10 heteroatoms. The fourth-order valence-corrected chi connectivity index (χ4v) is 4.92. The minimum Gasteiger partial charge on any atom is -0.497 e. The highest BCUT2D eigenvalue weighted by Gasteiger charge is 2.24. The molecule has 0 saturated heterocycles. The number of nitrogens with zero attached hydrogens (tertiary/aromatic N) is 4. The van der Waals surface area contributed by atoms with Crippen molar-refractivity contribution in [3.05, 3.63) is 47.0 Å². The van der Waals surface area contributed by atoms with Crippen LogP contribution in [-0.2, 0) is 7.05 Å². The number of rotatable bonds is 7. The third kappa shape index (κ3) is 5.01. The molecule has 1 aromatic carbocycles. The molecule has 4 rings (SSSR count). The topological polar surface area (TPSA) is 103 Å². The van der Waals surface area contributed by atoms with Gasteiger partial charge in [-0.3, -0.25) is 5.32 Å². The lowest BCUT2D eigenvalue weighted by Crippen LogP contribution is -2.34. The van der Waals surface area contributed by atoms with Gasteiger partial charge in [-0.25, -0.2) is 9.78 Å². The van der Waals surface area contributed by atoms with Crippen molar-refractivity contribution in [3.8, 4) is 11.5 Å². The van der Waals surface area contributed by atoms with E-state index in [2.05, 4.69) is 25.8 Å². The Bertz CT molecular complexity index is 1040. The lowest BCUT2D eigenvalue weighted by Gasteiger charge is -2.20. The monoisotopic (exact) mass is 456 g/mol. The van der Waals surface area contributed by atoms with Gasteiger partial charge in [-0.2, -0.15) is 0 Å². The van der Waals surface area contributed by atoms with E-state index in [1.165, 1.54) is 30.6 Å². The number of benzene rings is 1. The van der Waals surface area contributed by atoms with Crippen LogP contribution >= 0.6 is 11.3 Å². The van der Waals surface area contributed by atoms with Crippen molar-refractivity contribution < 1.29 is 14.3 Å². The molecule has 0 radical (unpaired) electrons. The van der Waals surface area contributed by atoms with Gasteiger partial charge in [0.15, 0.2) is 0 Å². The Kier molecular flexibility index (Phi) is 6.89. The highest BCUT2D eigenvalue weighted by molar-refractivity contribution is 7.15. The maximum absolute atomic E-state index is 12.9. The molecule has 9 nitrogen and oxygen atoms in total. The average molecular weight is 457 g/mol. The predicted octanol–water partition coefficient (Wildman–Crippen LogP) is 4.25. The summed E-state index contributed by atoms with van der Waals surface area (Å²) in [4.78, 5) is 17.4. The van der Waals surface area contributed by atoms with Gasteiger partial charge in [-0.1, -0.05) is 30.6 Å². The van der Waals surface area contributed by atoms with Crippen LogP contribution < -0.4 is 20.1 Å². The Morgan fingerprint density at radius 2 is 1.84 bits per heavy atom. The number of nitrogens with one attached hydrogen (secondary N) is 2. The van der Waals surface area contributed by atoms with Gasteiger partial charge in [0.25, 0.3) is 0 Å². The molecular formula is C22H28N6O3S. The molecule has 1 aliphatic carbocycles. The van der Waals surface area contributed by atoms with Crippen LogP contribution in [0.5, 0.6) is 11.5 Å². The van der Waals surface area contributed by atoms with Gasteiger partial charge < -0.3 is 19.4 Å². The summed E-state index contributed by atoms with van der Waals surface area (Å²) in [6, 6.07) is 4.59. The Balaban J connectivity index is 1.54. The number of aromatic nitrogens is 4. The molecule has 2 amide bonds. The van der Waals surface area contributed by atoms with E-state index in [9.17, 15) is 4.79 Å². The molecule has 32 heavy (non-hydrogen) atoms. The molecule has 0 spiro atoms. The zero-order valence-electron chi connectivity index (χ0n) is 18.5. The largest absolute Gasteiger partial charge is 0.497 e. The summed E-state index contributed by atoms with van der Waals surface area (Å²) in [6.07, 6.45) is 9.54. The van der Waals surface area contributed by atoms with E-state index in [0.29, 0.717) is 28.4 Å². The number of imidazole rings is 1. The molecule has 1 saturated carbocycles. The van der Waals surface area contributed by atoms with Crippen LogP contribution in [0.4, 0.5) is 9.93 Å². The summed E-state index contributed by atoms with van der Waals surface area (Å²) in [6.45, 7) is 0. The summed E-state index contributed by atoms with van der Waals surface area (Å²) in [7, 11) is 5.06. The Labute approximate surface area is 191 Å². The first-order valence-corrected chi connectivity index (χ1v) is 11.5. The summed E-state index contributed by atoms with van der Waals surface area (Å²) >= 11 is 1.45. The van der Waals surface area contributed by atoms with Crippen LogP contribution in [0.15, 0.2) is 30.6 Å². The lowest BCUT2D eigenvalue weighted by molar-refractivity contribution is 0.249. The van der Waals surface area contributed by atoms with Crippen LogP contribution in [0.25, 0.3) is 0 Å². The Morgan fingerprint density at radius 1 is 1.12 bits per heavy atom. The number of urea groups is 1. The average Bonchev–Trinajstić information content (AvgIpc) is 3.46. The molecule has 2 heterocycles. The first kappa shape index (κ1) is 22.1. The number of aryl methyl sites for hydroxylation is 1. The van der Waals surface area contributed by atoms with Gasteiger partial charge in [0.1, 0.15) is 28.4 Å². The van der Waals surface area contributed by atoms with Crippen LogP contribution in [0, 0.1) is 0 Å². The number of carbonyl (C=O) groups is 1. The van der Waals surface area contributed by atoms with Gasteiger partial charge in [0.2, 0.25) is 5.13 Å². The van der Waals surface area contributed by atoms with Crippen molar-refractivity contribution >= 4 is 22.5 Å². The van der Waals surface area contributed by atoms with E-state index in [4.69, 9.17) is 9.47 Å². The van der Waals surface area contributed by atoms with E-state index in [1.807, 2.05) is 29.9 Å². The van der Waals surface area contributed by atoms with Crippen molar-refractivity contribution in [3.63, 3.8) is 0 Å². The zero-order chi connectivity index (χ0) is 22.5. The molecular weight excluding hydrogens is 428 g/mol. The number of methoxy groups -OCH3 is 2. The molecule has 1 aliphatic rings. The maximum Gasteiger partial charge on any atom is 0.321 e. The third-order valence-corrected chi connectivity index (χ3v) is 6.72. The second-order valence-electron chi connectivity index (χ2n) is 7.85. The molecule has 0 bridgehead atoms. The molecule has 170 valence electrons. The summed E-state index contributed by atoms with van der Waals surface area (Å²) in [5.74, 6) is 2.38.